The topological polar surface area (TPSA) is 78.9 Å². The fraction of sp³-hybridized carbons (Fsp3) is 0.469. The van der Waals surface area contributed by atoms with Gasteiger partial charge in [0.2, 0.25) is 0 Å². The fourth-order valence-corrected chi connectivity index (χ4v) is 5.55. The van der Waals surface area contributed by atoms with Crippen LogP contribution in [0.1, 0.15) is 55.7 Å². The number of pyridine rings is 1. The Morgan fingerprint density at radius 2 is 1.90 bits per heavy atom. The zero-order valence-corrected chi connectivity index (χ0v) is 25.0. The van der Waals surface area contributed by atoms with Crippen molar-refractivity contribution in [1.29, 1.82) is 0 Å². The third-order valence-electron chi connectivity index (χ3n) is 7.82. The maximum atomic E-state index is 13.0. The van der Waals surface area contributed by atoms with Gasteiger partial charge in [0.05, 0.1) is 0 Å². The Morgan fingerprint density at radius 1 is 1.18 bits per heavy atom. The Morgan fingerprint density at radius 3 is 2.55 bits per heavy atom. The van der Waals surface area contributed by atoms with Crippen LogP contribution in [0.25, 0.3) is 5.70 Å². The molecule has 211 valence electrons. The van der Waals surface area contributed by atoms with Gasteiger partial charge in [0.1, 0.15) is 11.5 Å². The van der Waals surface area contributed by atoms with Crippen molar-refractivity contribution in [3.05, 3.63) is 77.5 Å². The maximum absolute atomic E-state index is 13.0. The van der Waals surface area contributed by atoms with Crippen molar-refractivity contribution in [3.8, 4) is 0 Å². The molecule has 2 aromatic rings. The number of hydrogen-bond donors (Lipinski definition) is 2. The first kappa shape index (κ1) is 29.9. The Bertz CT molecular complexity index is 1190. The van der Waals surface area contributed by atoms with Gasteiger partial charge in [-0.15, -0.1) is 0 Å². The summed E-state index contributed by atoms with van der Waals surface area (Å²) in [5, 5.41) is 6.27. The summed E-state index contributed by atoms with van der Waals surface area (Å²) < 4.78 is 5.50. The Labute approximate surface area is 242 Å². The van der Waals surface area contributed by atoms with Crippen LogP contribution >= 0.6 is 0 Å². The zero-order valence-electron chi connectivity index (χ0n) is 24.0. The first-order valence-corrected chi connectivity index (χ1v) is 14.9. The van der Waals surface area contributed by atoms with Gasteiger partial charge in [0.15, 0.2) is 0 Å². The molecule has 8 heteroatoms. The van der Waals surface area contributed by atoms with Crippen LogP contribution in [-0.2, 0) is 21.0 Å². The van der Waals surface area contributed by atoms with Gasteiger partial charge < -0.3 is 20.3 Å². The molecule has 0 saturated carbocycles. The summed E-state index contributed by atoms with van der Waals surface area (Å²) in [5.74, 6) is 0.653. The minimum Gasteiger partial charge on any atom is -0.381 e. The molecule has 40 heavy (non-hydrogen) atoms. The van der Waals surface area contributed by atoms with Crippen molar-refractivity contribution >= 4 is 33.4 Å². The van der Waals surface area contributed by atoms with E-state index in [-0.39, 0.29) is 10.9 Å². The van der Waals surface area contributed by atoms with E-state index < -0.39 is 0 Å². The molecule has 2 aliphatic heterocycles. The standard InChI is InChI=1S/C32H42N5O2Si/c1-24(6-7-26-8-13-30(35-23-26)34-16-19-37-17-4-5-18-37)22-29(33-3)31(38)36-25(2)27-9-11-28(12-10-27)32(40)14-20-39-21-15-32/h8-13,22-23H,2,4-7,14-21H2,1,3H3,(H,34,35)(H,36,38)/b24-22-,33-29?. The second-order valence-corrected chi connectivity index (χ2v) is 11.8. The van der Waals surface area contributed by atoms with Crippen molar-refractivity contribution in [2.75, 3.05) is 51.8 Å². The third kappa shape index (κ3) is 8.46. The Balaban J connectivity index is 1.24. The molecule has 7 nitrogen and oxygen atoms in total. The van der Waals surface area contributed by atoms with E-state index in [2.05, 4.69) is 60.5 Å². The van der Waals surface area contributed by atoms with E-state index in [4.69, 9.17) is 4.74 Å². The molecule has 2 saturated heterocycles. The number of allylic oxidation sites excluding steroid dienone is 1. The molecule has 2 aliphatic rings. The van der Waals surface area contributed by atoms with Crippen LogP contribution in [0.15, 0.2) is 65.8 Å². The minimum atomic E-state index is -0.261. The minimum absolute atomic E-state index is 0.0617. The van der Waals surface area contributed by atoms with Crippen LogP contribution in [-0.4, -0.2) is 78.2 Å². The normalized spacial score (nSPS) is 18.0. The molecule has 1 amide bonds. The smallest absolute Gasteiger partial charge is 0.273 e. The number of hydrogen-bond acceptors (Lipinski definition) is 6. The van der Waals surface area contributed by atoms with Crippen LogP contribution in [0.4, 0.5) is 5.82 Å². The molecule has 2 N–H and O–H groups in total. The average molecular weight is 557 g/mol. The highest BCUT2D eigenvalue weighted by molar-refractivity contribution is 6.44. The van der Waals surface area contributed by atoms with E-state index in [0.29, 0.717) is 11.4 Å². The molecule has 0 unspecified atom stereocenters. The number of ether oxygens (including phenoxy) is 1. The van der Waals surface area contributed by atoms with E-state index in [9.17, 15) is 4.79 Å². The summed E-state index contributed by atoms with van der Waals surface area (Å²) in [6.45, 7) is 12.0. The SMILES string of the molecule is C=C(NC(=O)C(/C=C(/C)CCc1ccc(NCCN2CCCC2)nc1)=NC)c1ccc(C2([Si])CCOCC2)cc1. The number of aromatic nitrogens is 1. The van der Waals surface area contributed by atoms with Crippen molar-refractivity contribution in [1.82, 2.24) is 15.2 Å². The number of nitrogens with one attached hydrogen (secondary N) is 2. The summed E-state index contributed by atoms with van der Waals surface area (Å²) in [7, 11) is 5.60. The zero-order chi connectivity index (χ0) is 28.4. The number of carbonyl (C=O) groups is 1. The summed E-state index contributed by atoms with van der Waals surface area (Å²) in [4.78, 5) is 24.2. The summed E-state index contributed by atoms with van der Waals surface area (Å²) >= 11 is 0. The second kappa shape index (κ2) is 14.5. The first-order valence-electron chi connectivity index (χ1n) is 14.4. The molecule has 0 atom stereocenters. The van der Waals surface area contributed by atoms with Gasteiger partial charge in [-0.1, -0.05) is 42.5 Å². The van der Waals surface area contributed by atoms with Crippen molar-refractivity contribution in [2.24, 2.45) is 4.99 Å². The number of anilines is 1. The molecule has 0 aliphatic carbocycles. The third-order valence-corrected chi connectivity index (χ3v) is 8.61. The predicted octanol–water partition coefficient (Wildman–Crippen LogP) is 4.50. The fourth-order valence-electron chi connectivity index (χ4n) is 5.18. The lowest BCUT2D eigenvalue weighted by molar-refractivity contribution is -0.113. The summed E-state index contributed by atoms with van der Waals surface area (Å²) in [6.07, 6.45) is 9.95. The van der Waals surface area contributed by atoms with Crippen LogP contribution in [0, 0.1) is 0 Å². The summed E-state index contributed by atoms with van der Waals surface area (Å²) in [6, 6.07) is 12.4. The first-order chi connectivity index (χ1) is 19.4. The highest BCUT2D eigenvalue weighted by Gasteiger charge is 2.29. The van der Waals surface area contributed by atoms with E-state index in [1.165, 1.54) is 37.1 Å². The number of amides is 1. The van der Waals surface area contributed by atoms with Crippen molar-refractivity contribution in [2.45, 2.75) is 50.5 Å². The maximum Gasteiger partial charge on any atom is 0.273 e. The largest absolute Gasteiger partial charge is 0.381 e. The molecule has 1 aromatic carbocycles. The van der Waals surface area contributed by atoms with Crippen LogP contribution in [0.2, 0.25) is 0 Å². The predicted molar refractivity (Wildman–Crippen MR) is 165 cm³/mol. The molecular formula is C32H42N5O2Si. The van der Waals surface area contributed by atoms with Crippen molar-refractivity contribution in [3.63, 3.8) is 0 Å². The number of aryl methyl sites for hydroxylation is 1. The highest BCUT2D eigenvalue weighted by atomic mass is 28.1. The number of aliphatic imine (C=N–C) groups is 1. The quantitative estimate of drug-likeness (QED) is 0.297. The van der Waals surface area contributed by atoms with Crippen LogP contribution < -0.4 is 10.6 Å². The van der Waals surface area contributed by atoms with E-state index in [1.807, 2.05) is 37.4 Å². The molecule has 0 spiro atoms. The Kier molecular flexibility index (Phi) is 10.9. The Hall–Kier alpha value is -3.07. The lowest BCUT2D eigenvalue weighted by atomic mass is 9.89. The van der Waals surface area contributed by atoms with Gasteiger partial charge in [-0.3, -0.25) is 9.79 Å². The molecule has 4 rings (SSSR count). The van der Waals surface area contributed by atoms with Gasteiger partial charge in [0, 0.05) is 55.5 Å². The number of likely N-dealkylation sites (tertiary alicyclic amines) is 1. The van der Waals surface area contributed by atoms with Crippen LogP contribution in [0.3, 0.4) is 0 Å². The number of rotatable bonds is 12. The van der Waals surface area contributed by atoms with Gasteiger partial charge >= 0.3 is 0 Å². The van der Waals surface area contributed by atoms with Gasteiger partial charge in [-0.25, -0.2) is 4.98 Å². The number of benzene rings is 1. The lowest BCUT2D eigenvalue weighted by Gasteiger charge is -2.34. The summed E-state index contributed by atoms with van der Waals surface area (Å²) in [5.41, 5.74) is 5.27. The van der Waals surface area contributed by atoms with Gasteiger partial charge in [-0.05, 0) is 92.4 Å². The second-order valence-electron chi connectivity index (χ2n) is 10.8. The van der Waals surface area contributed by atoms with Gasteiger partial charge in [0.25, 0.3) is 5.91 Å². The van der Waals surface area contributed by atoms with E-state index in [1.54, 1.807) is 7.05 Å². The molecule has 0 bridgehead atoms. The van der Waals surface area contributed by atoms with Gasteiger partial charge in [-0.2, -0.15) is 0 Å². The van der Waals surface area contributed by atoms with Crippen molar-refractivity contribution < 1.29 is 9.53 Å². The molecule has 1 aromatic heterocycles. The highest BCUT2D eigenvalue weighted by Crippen LogP contribution is 2.32. The molecular weight excluding hydrogens is 514 g/mol. The molecule has 3 heterocycles. The number of nitrogens with zero attached hydrogens (tertiary/aromatic N) is 3. The molecule has 3 radical (unpaired) electrons. The number of carbonyl (C=O) groups excluding carboxylic acids is 1. The van der Waals surface area contributed by atoms with Crippen LogP contribution in [0.5, 0.6) is 0 Å². The molecule has 2 fully saturated rings. The van der Waals surface area contributed by atoms with E-state index in [0.717, 1.165) is 68.9 Å². The lowest BCUT2D eigenvalue weighted by Crippen LogP contribution is -2.34. The average Bonchev–Trinajstić information content (AvgIpc) is 3.49. The monoisotopic (exact) mass is 556 g/mol. The van der Waals surface area contributed by atoms with E-state index >= 15 is 0 Å².